The van der Waals surface area contributed by atoms with Crippen molar-refractivity contribution in [3.8, 4) is 17.3 Å². The van der Waals surface area contributed by atoms with Gasteiger partial charge in [-0.1, -0.05) is 42.5 Å². The van der Waals surface area contributed by atoms with Gasteiger partial charge < -0.3 is 0 Å². The van der Waals surface area contributed by atoms with E-state index in [1.54, 1.807) is 18.2 Å². The molecule has 6 aromatic rings. The largest absolute Gasteiger partial charge is 0.238 e. The molecule has 0 bridgehead atoms. The first kappa shape index (κ1) is 20.2. The second-order valence-electron chi connectivity index (χ2n) is 8.16. The van der Waals surface area contributed by atoms with Crippen LogP contribution < -0.4 is 10.7 Å². The van der Waals surface area contributed by atoms with Crippen LogP contribution in [0.2, 0.25) is 0 Å². The molecule has 0 saturated carbocycles. The van der Waals surface area contributed by atoms with Crippen LogP contribution in [0.1, 0.15) is 0 Å². The number of nitriles is 1. The Morgan fingerprint density at radius 3 is 1.91 bits per heavy atom. The molecule has 0 amide bonds. The molecule has 6 heteroatoms. The molecule has 160 valence electrons. The molecular formula is C29H12FN5. The molecule has 0 aromatic heterocycles. The summed E-state index contributed by atoms with van der Waals surface area (Å²) in [5.74, 6) is -0.396. The van der Waals surface area contributed by atoms with Gasteiger partial charge in [0.1, 0.15) is 5.82 Å². The van der Waals surface area contributed by atoms with E-state index in [0.717, 1.165) is 48.8 Å². The van der Waals surface area contributed by atoms with Crippen molar-refractivity contribution < 1.29 is 4.39 Å². The molecule has 0 unspecified atom stereocenters. The predicted octanol–water partition coefficient (Wildman–Crippen LogP) is 6.65. The first-order valence-corrected chi connectivity index (χ1v) is 10.7. The molecule has 6 aromatic carbocycles. The zero-order valence-electron chi connectivity index (χ0n) is 18.0. The van der Waals surface area contributed by atoms with Gasteiger partial charge in [0.2, 0.25) is 6.19 Å². The van der Waals surface area contributed by atoms with Gasteiger partial charge in [-0.25, -0.2) is 9.24 Å². The van der Waals surface area contributed by atoms with E-state index < -0.39 is 5.82 Å². The predicted molar refractivity (Wildman–Crippen MR) is 134 cm³/mol. The maximum Gasteiger partial charge on any atom is 0.206 e. The van der Waals surface area contributed by atoms with E-state index in [0.29, 0.717) is 21.8 Å². The van der Waals surface area contributed by atoms with E-state index in [1.807, 2.05) is 48.7 Å². The zero-order chi connectivity index (χ0) is 24.1. The average Bonchev–Trinajstić information content (AvgIpc) is 3.34. The number of rotatable bonds is 1. The number of hydrogen-bond acceptors (Lipinski definition) is 3. The Hall–Kier alpha value is -5.38. The van der Waals surface area contributed by atoms with Crippen molar-refractivity contribution in [2.75, 3.05) is 0 Å². The Kier molecular flexibility index (Phi) is 4.39. The molecule has 0 saturated heterocycles. The molecule has 35 heavy (non-hydrogen) atoms. The fourth-order valence-corrected chi connectivity index (χ4v) is 4.89. The van der Waals surface area contributed by atoms with Crippen LogP contribution in [-0.4, -0.2) is 0 Å². The van der Waals surface area contributed by atoms with E-state index in [1.165, 1.54) is 12.1 Å². The third-order valence-electron chi connectivity index (χ3n) is 6.40. The summed E-state index contributed by atoms with van der Waals surface area (Å²) >= 11 is 0. The molecule has 0 aliphatic heterocycles. The third-order valence-corrected chi connectivity index (χ3v) is 6.40. The minimum absolute atomic E-state index is 0.396. The number of fused-ring (bicyclic) bond motifs is 6. The Balaban J connectivity index is 1.74. The summed E-state index contributed by atoms with van der Waals surface area (Å²) in [7, 11) is 0. The molecule has 5 nitrogen and oxygen atoms in total. The topological polar surface area (TPSA) is 57.2 Å². The second-order valence-corrected chi connectivity index (χ2v) is 8.16. The van der Waals surface area contributed by atoms with Crippen molar-refractivity contribution in [3.63, 3.8) is 0 Å². The van der Waals surface area contributed by atoms with E-state index in [2.05, 4.69) is 19.9 Å². The molecule has 0 aliphatic carbocycles. The molecule has 6 rings (SSSR count). The van der Waals surface area contributed by atoms with Crippen molar-refractivity contribution in [1.82, 2.24) is 0 Å². The van der Waals surface area contributed by atoms with Crippen LogP contribution >= 0.6 is 0 Å². The number of halogens is 1. The average molecular weight is 449 g/mol. The Morgan fingerprint density at radius 1 is 0.657 bits per heavy atom. The van der Waals surface area contributed by atoms with E-state index in [-0.39, 0.29) is 0 Å². The van der Waals surface area contributed by atoms with E-state index in [4.69, 9.17) is 13.1 Å². The highest BCUT2D eigenvalue weighted by Gasteiger charge is 2.17. The number of hydrogen-bond donors (Lipinski definition) is 0. The highest BCUT2D eigenvalue weighted by molar-refractivity contribution is 6.21. The van der Waals surface area contributed by atoms with E-state index in [9.17, 15) is 9.65 Å². The highest BCUT2D eigenvalue weighted by Crippen LogP contribution is 2.34. The Bertz CT molecular complexity index is 2090. The van der Waals surface area contributed by atoms with Gasteiger partial charge in [-0.3, -0.25) is 0 Å². The van der Waals surface area contributed by atoms with Crippen LogP contribution in [0.5, 0.6) is 0 Å². The molecule has 0 heterocycles. The lowest BCUT2D eigenvalue weighted by molar-refractivity contribution is 0.629. The summed E-state index contributed by atoms with van der Waals surface area (Å²) in [6, 6.07) is 21.7. The quantitative estimate of drug-likeness (QED) is 0.158. The van der Waals surface area contributed by atoms with Crippen LogP contribution in [0.15, 0.2) is 82.9 Å². The molecule has 0 spiro atoms. The summed E-state index contributed by atoms with van der Waals surface area (Å²) in [6.07, 6.45) is 1.84. The first-order valence-electron chi connectivity index (χ1n) is 10.7. The van der Waals surface area contributed by atoms with Gasteiger partial charge in [0.05, 0.1) is 17.0 Å². The van der Waals surface area contributed by atoms with Crippen molar-refractivity contribution >= 4 is 48.8 Å². The highest BCUT2D eigenvalue weighted by atomic mass is 19.1. The van der Waals surface area contributed by atoms with Gasteiger partial charge in [-0.05, 0) is 63.0 Å². The number of nitrogens with zero attached hydrogens (tertiary/aromatic N) is 5. The maximum absolute atomic E-state index is 14.0. The van der Waals surface area contributed by atoms with Crippen molar-refractivity contribution in [2.24, 2.45) is 10.1 Å². The summed E-state index contributed by atoms with van der Waals surface area (Å²) in [5, 5.41) is 20.8. The lowest BCUT2D eigenvalue weighted by Gasteiger charge is -2.02. The Labute approximate surface area is 198 Å². The molecule has 0 radical (unpaired) electrons. The van der Waals surface area contributed by atoms with Gasteiger partial charge in [0.25, 0.3) is 0 Å². The van der Waals surface area contributed by atoms with Crippen LogP contribution in [0, 0.1) is 30.4 Å². The van der Waals surface area contributed by atoms with Crippen LogP contribution in [0.4, 0.5) is 10.1 Å². The van der Waals surface area contributed by atoms with Crippen molar-refractivity contribution in [1.29, 1.82) is 5.26 Å². The molecule has 0 aliphatic rings. The van der Waals surface area contributed by atoms with Gasteiger partial charge in [-0.2, -0.15) is 16.8 Å². The number of benzene rings is 4. The van der Waals surface area contributed by atoms with Crippen LogP contribution in [-0.2, 0) is 0 Å². The summed E-state index contributed by atoms with van der Waals surface area (Å²) in [6.45, 7) is 14.6. The van der Waals surface area contributed by atoms with Crippen LogP contribution in [0.25, 0.3) is 64.0 Å². The minimum atomic E-state index is -0.396. The van der Waals surface area contributed by atoms with Gasteiger partial charge >= 0.3 is 0 Å². The maximum atomic E-state index is 14.0. The summed E-state index contributed by atoms with van der Waals surface area (Å²) in [5.41, 5.74) is 2.48. The minimum Gasteiger partial charge on any atom is -0.238 e. The summed E-state index contributed by atoms with van der Waals surface area (Å²) < 4.78 is 14.0. The summed E-state index contributed by atoms with van der Waals surface area (Å²) in [4.78, 5) is 10.8. The monoisotopic (exact) mass is 449 g/mol. The van der Waals surface area contributed by atoms with Gasteiger partial charge in [-0.15, -0.1) is 4.95 Å². The van der Waals surface area contributed by atoms with Crippen molar-refractivity contribution in [2.45, 2.75) is 0 Å². The first-order chi connectivity index (χ1) is 17.1. The smallest absolute Gasteiger partial charge is 0.206 e. The van der Waals surface area contributed by atoms with Gasteiger partial charge in [0, 0.05) is 21.5 Å². The van der Waals surface area contributed by atoms with Crippen molar-refractivity contribution in [3.05, 3.63) is 112 Å². The molecule has 0 fully saturated rings. The molecule has 0 atom stereocenters. The third kappa shape index (κ3) is 2.97. The SMILES string of the molecule is [C-]#[N+]/N=c1\c2cc(-c3ccc([N+]#[C-])cc3)ccc2c2cc3c(=NC#N)c4cc(F)ccc4c3cc12. The van der Waals surface area contributed by atoms with Crippen LogP contribution in [0.3, 0.4) is 0 Å². The molecule has 0 N–H and O–H groups in total. The standard InChI is InChI=1S/C29H12FN5/c1-32-19-7-3-16(4-8-19)17-5-9-20-23-13-26-22(14-27(23)29(35-33-2)24(20)11-17)21-10-6-18(30)12-25(21)28(26)34-15-31/h3-14H/b34-28?,35-29+. The Morgan fingerprint density at radius 2 is 1.26 bits per heavy atom. The lowest BCUT2D eigenvalue weighted by atomic mass is 10.0. The lowest BCUT2D eigenvalue weighted by Crippen LogP contribution is -1.99. The van der Waals surface area contributed by atoms with E-state index >= 15 is 0 Å². The molecular weight excluding hydrogens is 437 g/mol. The fourth-order valence-electron chi connectivity index (χ4n) is 4.89. The second kappa shape index (κ2) is 7.59. The van der Waals surface area contributed by atoms with Gasteiger partial charge in [0.15, 0.2) is 11.0 Å². The fraction of sp³-hybridized carbons (Fsp3) is 0. The normalized spacial score (nSPS) is 12.4. The zero-order valence-corrected chi connectivity index (χ0v) is 18.0.